The largest absolute Gasteiger partial charge is 0.497 e. The minimum absolute atomic E-state index is 0.0114. The molecule has 0 radical (unpaired) electrons. The SMILES string of the molecule is COc1cc(/C=C/C(=O)NC2CCN(c3ccc(C(F)(F)F)cn3)CC2)cc(OC)c1. The lowest BCUT2D eigenvalue weighted by molar-refractivity contribution is -0.137. The van der Waals surface area contributed by atoms with E-state index in [-0.39, 0.29) is 11.9 Å². The van der Waals surface area contributed by atoms with Crippen molar-refractivity contribution in [3.8, 4) is 11.5 Å². The lowest BCUT2D eigenvalue weighted by atomic mass is 10.0. The van der Waals surface area contributed by atoms with Crippen molar-refractivity contribution in [2.45, 2.75) is 25.1 Å². The number of amides is 1. The molecule has 166 valence electrons. The summed E-state index contributed by atoms with van der Waals surface area (Å²) in [5.41, 5.74) is 0.00777. The molecule has 3 rings (SSSR count). The zero-order chi connectivity index (χ0) is 22.4. The third kappa shape index (κ3) is 6.13. The highest BCUT2D eigenvalue weighted by molar-refractivity contribution is 5.92. The minimum atomic E-state index is -4.40. The molecule has 0 saturated carbocycles. The van der Waals surface area contributed by atoms with Gasteiger partial charge in [-0.1, -0.05) is 0 Å². The quantitative estimate of drug-likeness (QED) is 0.697. The lowest BCUT2D eigenvalue weighted by Gasteiger charge is -2.33. The fraction of sp³-hybridized carbons (Fsp3) is 0.364. The Morgan fingerprint density at radius 3 is 2.29 bits per heavy atom. The first kappa shape index (κ1) is 22.5. The predicted molar refractivity (Wildman–Crippen MR) is 111 cm³/mol. The number of carbonyl (C=O) groups is 1. The lowest BCUT2D eigenvalue weighted by Crippen LogP contribution is -2.44. The molecule has 1 aromatic carbocycles. The van der Waals surface area contributed by atoms with Gasteiger partial charge in [-0.05, 0) is 48.7 Å². The van der Waals surface area contributed by atoms with Crippen LogP contribution in [0, 0.1) is 0 Å². The van der Waals surface area contributed by atoms with Gasteiger partial charge in [0, 0.05) is 37.5 Å². The number of carbonyl (C=O) groups excluding carboxylic acids is 1. The van der Waals surface area contributed by atoms with Gasteiger partial charge in [0.05, 0.1) is 19.8 Å². The molecule has 1 saturated heterocycles. The van der Waals surface area contributed by atoms with Crippen molar-refractivity contribution in [1.29, 1.82) is 0 Å². The number of rotatable bonds is 6. The van der Waals surface area contributed by atoms with E-state index >= 15 is 0 Å². The molecular weight excluding hydrogens is 411 g/mol. The van der Waals surface area contributed by atoms with E-state index in [1.54, 1.807) is 38.5 Å². The Morgan fingerprint density at radius 1 is 1.13 bits per heavy atom. The van der Waals surface area contributed by atoms with Crippen molar-refractivity contribution in [3.05, 3.63) is 53.7 Å². The van der Waals surface area contributed by atoms with E-state index in [9.17, 15) is 18.0 Å². The molecule has 0 aliphatic carbocycles. The number of alkyl halides is 3. The molecule has 2 aromatic rings. The number of hydrogen-bond acceptors (Lipinski definition) is 5. The summed E-state index contributed by atoms with van der Waals surface area (Å²) in [6, 6.07) is 7.74. The van der Waals surface area contributed by atoms with E-state index < -0.39 is 11.7 Å². The molecule has 9 heteroatoms. The van der Waals surface area contributed by atoms with E-state index in [2.05, 4.69) is 10.3 Å². The fourth-order valence-corrected chi connectivity index (χ4v) is 3.34. The number of nitrogens with zero attached hydrogens (tertiary/aromatic N) is 2. The van der Waals surface area contributed by atoms with Crippen LogP contribution >= 0.6 is 0 Å². The highest BCUT2D eigenvalue weighted by Gasteiger charge is 2.31. The van der Waals surface area contributed by atoms with E-state index in [4.69, 9.17) is 9.47 Å². The van der Waals surface area contributed by atoms with Crippen molar-refractivity contribution in [1.82, 2.24) is 10.3 Å². The van der Waals surface area contributed by atoms with Gasteiger partial charge in [0.15, 0.2) is 0 Å². The predicted octanol–water partition coefficient (Wildman–Crippen LogP) is 3.92. The average Bonchev–Trinajstić information content (AvgIpc) is 2.77. The van der Waals surface area contributed by atoms with E-state index in [1.165, 1.54) is 12.1 Å². The van der Waals surface area contributed by atoms with Gasteiger partial charge >= 0.3 is 6.18 Å². The summed E-state index contributed by atoms with van der Waals surface area (Å²) in [4.78, 5) is 18.1. The molecule has 1 fully saturated rings. The molecule has 0 bridgehead atoms. The molecule has 1 N–H and O–H groups in total. The molecule has 1 aliphatic rings. The molecule has 31 heavy (non-hydrogen) atoms. The number of benzene rings is 1. The summed E-state index contributed by atoms with van der Waals surface area (Å²) in [6.07, 6.45) is 0.943. The first-order valence-corrected chi connectivity index (χ1v) is 9.78. The Hall–Kier alpha value is -3.23. The van der Waals surface area contributed by atoms with Gasteiger partial charge in [0.2, 0.25) is 5.91 Å². The number of halogens is 3. The summed E-state index contributed by atoms with van der Waals surface area (Å²) in [5.74, 6) is 1.55. The van der Waals surface area contributed by atoms with Crippen LogP contribution in [-0.4, -0.2) is 44.2 Å². The topological polar surface area (TPSA) is 63.7 Å². The second-order valence-electron chi connectivity index (χ2n) is 7.15. The molecule has 0 atom stereocenters. The van der Waals surface area contributed by atoms with E-state index in [0.717, 1.165) is 17.8 Å². The number of nitrogens with one attached hydrogen (secondary N) is 1. The van der Waals surface area contributed by atoms with Crippen LogP contribution in [0.5, 0.6) is 11.5 Å². The number of aromatic nitrogens is 1. The van der Waals surface area contributed by atoms with Crippen molar-refractivity contribution >= 4 is 17.8 Å². The summed E-state index contributed by atoms with van der Waals surface area (Å²) in [7, 11) is 3.11. The molecular formula is C22H24F3N3O3. The van der Waals surface area contributed by atoms with Gasteiger partial charge in [-0.25, -0.2) is 4.98 Å². The number of piperidine rings is 1. The van der Waals surface area contributed by atoms with Crippen molar-refractivity contribution in [2.24, 2.45) is 0 Å². The van der Waals surface area contributed by atoms with Gasteiger partial charge in [-0.2, -0.15) is 13.2 Å². The van der Waals surface area contributed by atoms with Crippen LogP contribution in [0.15, 0.2) is 42.6 Å². The highest BCUT2D eigenvalue weighted by atomic mass is 19.4. The van der Waals surface area contributed by atoms with Crippen LogP contribution < -0.4 is 19.7 Å². The molecule has 2 heterocycles. The Labute approximate surface area is 178 Å². The van der Waals surface area contributed by atoms with Crippen LogP contribution in [0.2, 0.25) is 0 Å². The maximum atomic E-state index is 12.7. The number of anilines is 1. The third-order valence-corrected chi connectivity index (χ3v) is 5.04. The zero-order valence-electron chi connectivity index (χ0n) is 17.3. The smallest absolute Gasteiger partial charge is 0.417 e. The molecule has 0 unspecified atom stereocenters. The van der Waals surface area contributed by atoms with Crippen molar-refractivity contribution in [3.63, 3.8) is 0 Å². The highest BCUT2D eigenvalue weighted by Crippen LogP contribution is 2.30. The van der Waals surface area contributed by atoms with E-state index in [1.807, 2.05) is 4.90 Å². The average molecular weight is 435 g/mol. The molecule has 6 nitrogen and oxygen atoms in total. The number of hydrogen-bond donors (Lipinski definition) is 1. The third-order valence-electron chi connectivity index (χ3n) is 5.04. The Bertz CT molecular complexity index is 900. The van der Waals surface area contributed by atoms with Gasteiger partial charge in [-0.3, -0.25) is 4.79 Å². The number of pyridine rings is 1. The van der Waals surface area contributed by atoms with Crippen molar-refractivity contribution < 1.29 is 27.4 Å². The fourth-order valence-electron chi connectivity index (χ4n) is 3.34. The minimum Gasteiger partial charge on any atom is -0.497 e. The Kier molecular flexibility index (Phi) is 7.04. The summed E-state index contributed by atoms with van der Waals surface area (Å²) in [6.45, 7) is 1.19. The van der Waals surface area contributed by atoms with Gasteiger partial charge in [0.25, 0.3) is 0 Å². The Balaban J connectivity index is 1.51. The second-order valence-corrected chi connectivity index (χ2v) is 7.15. The molecule has 1 aliphatic heterocycles. The van der Waals surface area contributed by atoms with Gasteiger partial charge in [-0.15, -0.1) is 0 Å². The Morgan fingerprint density at radius 2 is 1.77 bits per heavy atom. The van der Waals surface area contributed by atoms with Crippen LogP contribution in [0.1, 0.15) is 24.0 Å². The first-order valence-electron chi connectivity index (χ1n) is 9.78. The molecule has 0 spiro atoms. The standard InChI is InChI=1S/C22H24F3N3O3/c1-30-18-11-15(12-19(13-18)31-2)3-6-21(29)27-17-7-9-28(10-8-17)20-5-4-16(14-26-20)22(23,24)25/h3-6,11-14,17H,7-10H2,1-2H3,(H,27,29)/b6-3+. The van der Waals surface area contributed by atoms with E-state index in [0.29, 0.717) is 43.2 Å². The second kappa shape index (κ2) is 9.72. The van der Waals surface area contributed by atoms with Crippen LogP contribution in [0.4, 0.5) is 19.0 Å². The summed E-state index contributed by atoms with van der Waals surface area (Å²) >= 11 is 0. The van der Waals surface area contributed by atoms with Crippen LogP contribution in [0.3, 0.4) is 0 Å². The van der Waals surface area contributed by atoms with Gasteiger partial charge in [0.1, 0.15) is 17.3 Å². The van der Waals surface area contributed by atoms with Crippen LogP contribution in [-0.2, 0) is 11.0 Å². The number of methoxy groups -OCH3 is 2. The summed E-state index contributed by atoms with van der Waals surface area (Å²) < 4.78 is 48.4. The first-order chi connectivity index (χ1) is 14.8. The monoisotopic (exact) mass is 435 g/mol. The van der Waals surface area contributed by atoms with Gasteiger partial charge < -0.3 is 19.7 Å². The molecule has 1 amide bonds. The van der Waals surface area contributed by atoms with Crippen molar-refractivity contribution in [2.75, 3.05) is 32.2 Å². The van der Waals surface area contributed by atoms with Crippen LogP contribution in [0.25, 0.3) is 6.08 Å². The summed E-state index contributed by atoms with van der Waals surface area (Å²) in [5, 5.41) is 2.96. The maximum absolute atomic E-state index is 12.7. The normalized spacial score (nSPS) is 15.2. The zero-order valence-corrected chi connectivity index (χ0v) is 17.3. The molecule has 1 aromatic heterocycles. The number of ether oxygens (including phenoxy) is 2. The maximum Gasteiger partial charge on any atom is 0.417 e.